The zero-order chi connectivity index (χ0) is 15.6. The number of amides is 1. The lowest BCUT2D eigenvalue weighted by Gasteiger charge is -2.21. The smallest absolute Gasteiger partial charge is 0.268 e. The topological polar surface area (TPSA) is 67.2 Å². The van der Waals surface area contributed by atoms with Crippen LogP contribution in [0, 0.1) is 11.3 Å². The molecule has 0 saturated carbocycles. The van der Waals surface area contributed by atoms with Gasteiger partial charge in [0.2, 0.25) is 5.91 Å². The summed E-state index contributed by atoms with van der Waals surface area (Å²) >= 11 is 0. The molecule has 1 N–H and O–H groups in total. The summed E-state index contributed by atoms with van der Waals surface area (Å²) in [6, 6.07) is 1.61. The molecule has 1 aliphatic rings. The SMILES string of the molecule is Cn1ncc(N2CC[C@H](CNC(=O)C(C)(C)C)C2)cc1=O. The fraction of sp³-hybridized carbons (Fsp3) is 0.667. The Morgan fingerprint density at radius 3 is 2.81 bits per heavy atom. The van der Waals surface area contributed by atoms with Gasteiger partial charge in [-0.15, -0.1) is 0 Å². The highest BCUT2D eigenvalue weighted by Crippen LogP contribution is 2.22. The van der Waals surface area contributed by atoms with Gasteiger partial charge in [-0.1, -0.05) is 20.8 Å². The van der Waals surface area contributed by atoms with Crippen molar-refractivity contribution in [1.29, 1.82) is 0 Å². The summed E-state index contributed by atoms with van der Waals surface area (Å²) in [5.74, 6) is 0.497. The number of rotatable bonds is 3. The molecule has 1 aliphatic heterocycles. The molecule has 6 nitrogen and oxygen atoms in total. The number of aryl methyl sites for hydroxylation is 1. The van der Waals surface area contributed by atoms with Crippen molar-refractivity contribution in [2.45, 2.75) is 27.2 Å². The van der Waals surface area contributed by atoms with Crippen LogP contribution >= 0.6 is 0 Å². The molecule has 2 rings (SSSR count). The second-order valence-corrected chi connectivity index (χ2v) is 6.74. The van der Waals surface area contributed by atoms with Gasteiger partial charge in [0.1, 0.15) is 0 Å². The van der Waals surface area contributed by atoms with Gasteiger partial charge in [0, 0.05) is 38.2 Å². The highest BCUT2D eigenvalue weighted by atomic mass is 16.2. The third-order valence-corrected chi connectivity index (χ3v) is 3.84. The number of nitrogens with zero attached hydrogens (tertiary/aromatic N) is 3. The molecule has 0 aromatic carbocycles. The highest BCUT2D eigenvalue weighted by molar-refractivity contribution is 5.81. The van der Waals surface area contributed by atoms with Gasteiger partial charge in [0.15, 0.2) is 0 Å². The molecule has 21 heavy (non-hydrogen) atoms. The molecule has 1 fully saturated rings. The van der Waals surface area contributed by atoms with Crippen LogP contribution in [0.2, 0.25) is 0 Å². The molecule has 1 saturated heterocycles. The largest absolute Gasteiger partial charge is 0.370 e. The van der Waals surface area contributed by atoms with Crippen LogP contribution in [-0.4, -0.2) is 35.3 Å². The van der Waals surface area contributed by atoms with E-state index in [2.05, 4.69) is 15.3 Å². The molecule has 0 unspecified atom stereocenters. The minimum atomic E-state index is -0.353. The van der Waals surface area contributed by atoms with Crippen molar-refractivity contribution in [1.82, 2.24) is 15.1 Å². The lowest BCUT2D eigenvalue weighted by Crippen LogP contribution is -2.38. The number of hydrogen-bond acceptors (Lipinski definition) is 4. The normalized spacial score (nSPS) is 18.9. The molecular formula is C15H24N4O2. The van der Waals surface area contributed by atoms with Gasteiger partial charge >= 0.3 is 0 Å². The Morgan fingerprint density at radius 2 is 2.19 bits per heavy atom. The predicted octanol–water partition coefficient (Wildman–Crippen LogP) is 0.769. The molecule has 2 heterocycles. The van der Waals surface area contributed by atoms with Crippen LogP contribution in [0.3, 0.4) is 0 Å². The Hall–Kier alpha value is -1.85. The van der Waals surface area contributed by atoms with E-state index in [1.165, 1.54) is 4.68 Å². The summed E-state index contributed by atoms with van der Waals surface area (Å²) in [5.41, 5.74) is 0.410. The third-order valence-electron chi connectivity index (χ3n) is 3.84. The molecule has 6 heteroatoms. The van der Waals surface area contributed by atoms with Crippen LogP contribution in [0.4, 0.5) is 5.69 Å². The van der Waals surface area contributed by atoms with Crippen molar-refractivity contribution in [2.75, 3.05) is 24.5 Å². The Labute approximate surface area is 125 Å². The van der Waals surface area contributed by atoms with E-state index in [1.54, 1.807) is 19.3 Å². The van der Waals surface area contributed by atoms with Gasteiger partial charge < -0.3 is 10.2 Å². The van der Waals surface area contributed by atoms with Crippen LogP contribution in [-0.2, 0) is 11.8 Å². The van der Waals surface area contributed by atoms with E-state index in [-0.39, 0.29) is 16.9 Å². The number of aromatic nitrogens is 2. The average molecular weight is 292 g/mol. The maximum Gasteiger partial charge on any atom is 0.268 e. The Bertz CT molecular complexity index is 574. The molecule has 1 aromatic rings. The fourth-order valence-corrected chi connectivity index (χ4v) is 2.37. The fourth-order valence-electron chi connectivity index (χ4n) is 2.37. The van der Waals surface area contributed by atoms with Crippen molar-refractivity contribution in [3.63, 3.8) is 0 Å². The van der Waals surface area contributed by atoms with Gasteiger partial charge in [-0.25, -0.2) is 4.68 Å². The molecule has 0 aliphatic carbocycles. The molecular weight excluding hydrogens is 268 g/mol. The lowest BCUT2D eigenvalue weighted by molar-refractivity contribution is -0.128. The zero-order valence-electron chi connectivity index (χ0n) is 13.2. The van der Waals surface area contributed by atoms with Crippen molar-refractivity contribution in [3.05, 3.63) is 22.6 Å². The minimum Gasteiger partial charge on any atom is -0.370 e. The summed E-state index contributed by atoms with van der Waals surface area (Å²) in [5, 5.41) is 7.06. The van der Waals surface area contributed by atoms with E-state index >= 15 is 0 Å². The van der Waals surface area contributed by atoms with Gasteiger partial charge in [0.25, 0.3) is 5.56 Å². The Morgan fingerprint density at radius 1 is 1.48 bits per heavy atom. The van der Waals surface area contributed by atoms with Crippen LogP contribution in [0.5, 0.6) is 0 Å². The van der Waals surface area contributed by atoms with Crippen LogP contribution in [0.1, 0.15) is 27.2 Å². The predicted molar refractivity (Wildman–Crippen MR) is 82.3 cm³/mol. The number of anilines is 1. The summed E-state index contributed by atoms with van der Waals surface area (Å²) in [7, 11) is 1.64. The van der Waals surface area contributed by atoms with E-state index in [1.807, 2.05) is 20.8 Å². The first-order chi connectivity index (χ1) is 9.77. The number of hydrogen-bond donors (Lipinski definition) is 1. The maximum absolute atomic E-state index is 11.9. The first-order valence-electron chi connectivity index (χ1n) is 7.34. The average Bonchev–Trinajstić information content (AvgIpc) is 2.87. The maximum atomic E-state index is 11.9. The molecule has 1 atom stereocenters. The first-order valence-corrected chi connectivity index (χ1v) is 7.34. The van der Waals surface area contributed by atoms with E-state index in [0.29, 0.717) is 12.5 Å². The van der Waals surface area contributed by atoms with Gasteiger partial charge in [-0.05, 0) is 12.3 Å². The van der Waals surface area contributed by atoms with Crippen molar-refractivity contribution in [3.8, 4) is 0 Å². The number of nitrogens with one attached hydrogen (secondary N) is 1. The van der Waals surface area contributed by atoms with Gasteiger partial charge in [-0.3, -0.25) is 9.59 Å². The van der Waals surface area contributed by atoms with E-state index in [0.717, 1.165) is 25.2 Å². The molecule has 0 spiro atoms. The standard InChI is InChI=1S/C15H24N4O2/c1-15(2,3)14(21)16-8-11-5-6-19(10-11)12-7-13(20)18(4)17-9-12/h7,9,11H,5-6,8,10H2,1-4H3,(H,16,21)/t11-/m1/s1. The van der Waals surface area contributed by atoms with Gasteiger partial charge in [-0.2, -0.15) is 5.10 Å². The quantitative estimate of drug-likeness (QED) is 0.893. The Balaban J connectivity index is 1.90. The van der Waals surface area contributed by atoms with Crippen molar-refractivity contribution >= 4 is 11.6 Å². The molecule has 1 amide bonds. The number of carbonyl (C=O) groups excluding carboxylic acids is 1. The summed E-state index contributed by atoms with van der Waals surface area (Å²) in [6.07, 6.45) is 2.73. The van der Waals surface area contributed by atoms with Crippen molar-refractivity contribution in [2.24, 2.45) is 18.4 Å². The third kappa shape index (κ3) is 3.83. The first kappa shape index (κ1) is 15.5. The monoisotopic (exact) mass is 292 g/mol. The summed E-state index contributed by atoms with van der Waals surface area (Å²) < 4.78 is 1.32. The van der Waals surface area contributed by atoms with Crippen molar-refractivity contribution < 1.29 is 4.79 Å². The number of carbonyl (C=O) groups is 1. The lowest BCUT2D eigenvalue weighted by atomic mass is 9.95. The summed E-state index contributed by atoms with van der Waals surface area (Å²) in [4.78, 5) is 25.7. The molecule has 0 radical (unpaired) electrons. The van der Waals surface area contributed by atoms with Crippen LogP contribution in [0.15, 0.2) is 17.1 Å². The second kappa shape index (κ2) is 5.87. The second-order valence-electron chi connectivity index (χ2n) is 6.74. The highest BCUT2D eigenvalue weighted by Gasteiger charge is 2.26. The molecule has 1 aromatic heterocycles. The van der Waals surface area contributed by atoms with Crippen LogP contribution < -0.4 is 15.8 Å². The van der Waals surface area contributed by atoms with E-state index in [4.69, 9.17) is 0 Å². The molecule has 116 valence electrons. The summed E-state index contributed by atoms with van der Waals surface area (Å²) in [6.45, 7) is 8.16. The van der Waals surface area contributed by atoms with Crippen LogP contribution in [0.25, 0.3) is 0 Å². The zero-order valence-corrected chi connectivity index (χ0v) is 13.2. The molecule has 0 bridgehead atoms. The van der Waals surface area contributed by atoms with E-state index < -0.39 is 0 Å². The van der Waals surface area contributed by atoms with Gasteiger partial charge in [0.05, 0.1) is 11.9 Å². The van der Waals surface area contributed by atoms with E-state index in [9.17, 15) is 9.59 Å². The Kier molecular flexibility index (Phi) is 4.34. The minimum absolute atomic E-state index is 0.0798.